The topological polar surface area (TPSA) is 41.6 Å². The Morgan fingerprint density at radius 2 is 2.17 bits per heavy atom. The molecule has 2 aliphatic heterocycles. The highest BCUT2D eigenvalue weighted by molar-refractivity contribution is 7.80. The van der Waals surface area contributed by atoms with Crippen molar-refractivity contribution < 1.29 is 9.53 Å². The molecule has 2 heterocycles. The minimum Gasteiger partial charge on any atom is -0.493 e. The number of carbonyl (C=O) groups is 1. The molecule has 1 aromatic rings. The van der Waals surface area contributed by atoms with Crippen LogP contribution < -0.4 is 10.1 Å². The fourth-order valence-electron chi connectivity index (χ4n) is 4.09. The average molecular weight is 330 g/mol. The summed E-state index contributed by atoms with van der Waals surface area (Å²) in [5.74, 6) is 1.25. The minimum atomic E-state index is -0.0451. The molecule has 3 atom stereocenters. The third-order valence-corrected chi connectivity index (χ3v) is 5.75. The van der Waals surface area contributed by atoms with E-state index in [0.717, 1.165) is 43.6 Å². The number of ether oxygens (including phenoxy) is 1. The van der Waals surface area contributed by atoms with Crippen molar-refractivity contribution in [1.82, 2.24) is 10.2 Å². The van der Waals surface area contributed by atoms with E-state index in [2.05, 4.69) is 24.4 Å². The summed E-state index contributed by atoms with van der Waals surface area (Å²) in [5, 5.41) is 4.00. The molecule has 3 aliphatic rings. The van der Waals surface area contributed by atoms with E-state index in [1.54, 1.807) is 4.90 Å². The molecule has 0 radical (unpaired) electrons. The molecule has 4 rings (SSSR count). The second-order valence-electron chi connectivity index (χ2n) is 6.80. The summed E-state index contributed by atoms with van der Waals surface area (Å²) < 4.78 is 5.57. The van der Waals surface area contributed by atoms with Crippen molar-refractivity contribution >= 4 is 23.2 Å². The van der Waals surface area contributed by atoms with Crippen molar-refractivity contribution in [3.05, 3.63) is 29.3 Å². The van der Waals surface area contributed by atoms with Gasteiger partial charge >= 0.3 is 0 Å². The number of fused-ring (bicyclic) bond motifs is 2. The summed E-state index contributed by atoms with van der Waals surface area (Å²) in [6, 6.07) is 6.42. The van der Waals surface area contributed by atoms with Gasteiger partial charge in [0.25, 0.3) is 0 Å². The number of rotatable bonds is 2. The molecule has 122 valence electrons. The molecule has 1 saturated heterocycles. The Morgan fingerprint density at radius 3 is 3.04 bits per heavy atom. The highest BCUT2D eigenvalue weighted by Gasteiger charge is 2.42. The molecular formula is C18H22N2O2S. The van der Waals surface area contributed by atoms with E-state index >= 15 is 0 Å². The van der Waals surface area contributed by atoms with Crippen LogP contribution in [0.4, 0.5) is 0 Å². The summed E-state index contributed by atoms with van der Waals surface area (Å²) >= 11 is 5.52. The van der Waals surface area contributed by atoms with Gasteiger partial charge in [-0.25, -0.2) is 0 Å². The number of nitrogens with zero attached hydrogens (tertiary/aromatic N) is 1. The van der Waals surface area contributed by atoms with Crippen LogP contribution in [-0.2, 0) is 11.2 Å². The largest absolute Gasteiger partial charge is 0.493 e. The highest BCUT2D eigenvalue weighted by Crippen LogP contribution is 2.35. The molecule has 0 bridgehead atoms. The molecular weight excluding hydrogens is 308 g/mol. The highest BCUT2D eigenvalue weighted by atomic mass is 32.1. The molecule has 1 amide bonds. The zero-order valence-corrected chi connectivity index (χ0v) is 14.2. The number of carbonyl (C=O) groups excluding carboxylic acids is 1. The van der Waals surface area contributed by atoms with Crippen LogP contribution in [0.2, 0.25) is 0 Å². The quantitative estimate of drug-likeness (QED) is 0.847. The Morgan fingerprint density at radius 1 is 1.35 bits per heavy atom. The number of benzene rings is 1. The number of hydrogen-bond donors (Lipinski definition) is 1. The summed E-state index contributed by atoms with van der Waals surface area (Å²) in [6.07, 6.45) is 5.29. The maximum Gasteiger partial charge on any atom is 0.234 e. The molecule has 1 saturated carbocycles. The van der Waals surface area contributed by atoms with Gasteiger partial charge in [-0.05, 0) is 55.2 Å². The Balaban J connectivity index is 1.60. The van der Waals surface area contributed by atoms with E-state index in [-0.39, 0.29) is 23.9 Å². The van der Waals surface area contributed by atoms with Crippen molar-refractivity contribution in [2.75, 3.05) is 6.61 Å². The maximum atomic E-state index is 13.0. The van der Waals surface area contributed by atoms with Crippen LogP contribution in [0.15, 0.2) is 18.2 Å². The molecule has 0 spiro atoms. The van der Waals surface area contributed by atoms with Crippen LogP contribution in [0.1, 0.15) is 49.8 Å². The van der Waals surface area contributed by atoms with Gasteiger partial charge in [0, 0.05) is 12.5 Å². The van der Waals surface area contributed by atoms with Crippen LogP contribution >= 0.6 is 12.2 Å². The number of nitrogens with one attached hydrogen (secondary N) is 1. The summed E-state index contributed by atoms with van der Waals surface area (Å²) in [4.78, 5) is 14.8. The van der Waals surface area contributed by atoms with E-state index in [1.807, 2.05) is 6.07 Å². The van der Waals surface area contributed by atoms with Crippen molar-refractivity contribution in [2.24, 2.45) is 5.92 Å². The smallest absolute Gasteiger partial charge is 0.234 e. The first-order chi connectivity index (χ1) is 11.1. The number of amides is 1. The SMILES string of the molecule is CC(c1ccc2c(c1)CCO2)N1C(=O)C2CCCCC2NC1=S. The molecule has 1 aliphatic carbocycles. The van der Waals surface area contributed by atoms with Crippen molar-refractivity contribution in [1.29, 1.82) is 0 Å². The third kappa shape index (κ3) is 2.51. The Hall–Kier alpha value is -1.62. The molecule has 4 nitrogen and oxygen atoms in total. The van der Waals surface area contributed by atoms with E-state index in [1.165, 1.54) is 12.0 Å². The Kier molecular flexibility index (Phi) is 3.76. The molecule has 3 unspecified atom stereocenters. The van der Waals surface area contributed by atoms with Crippen LogP contribution in [0.5, 0.6) is 5.75 Å². The summed E-state index contributed by atoms with van der Waals surface area (Å²) in [5.41, 5.74) is 2.36. The van der Waals surface area contributed by atoms with Crippen molar-refractivity contribution in [3.63, 3.8) is 0 Å². The predicted molar refractivity (Wildman–Crippen MR) is 92.4 cm³/mol. The normalized spacial score (nSPS) is 27.8. The minimum absolute atomic E-state index is 0.0451. The van der Waals surface area contributed by atoms with Gasteiger partial charge in [0.15, 0.2) is 5.11 Å². The monoisotopic (exact) mass is 330 g/mol. The van der Waals surface area contributed by atoms with Gasteiger partial charge in [0.1, 0.15) is 5.75 Å². The molecule has 23 heavy (non-hydrogen) atoms. The second-order valence-corrected chi connectivity index (χ2v) is 7.18. The van der Waals surface area contributed by atoms with Crippen LogP contribution in [0, 0.1) is 5.92 Å². The molecule has 1 N–H and O–H groups in total. The van der Waals surface area contributed by atoms with Gasteiger partial charge in [0.2, 0.25) is 5.91 Å². The predicted octanol–water partition coefficient (Wildman–Crippen LogP) is 2.96. The van der Waals surface area contributed by atoms with Crippen molar-refractivity contribution in [2.45, 2.75) is 51.1 Å². The van der Waals surface area contributed by atoms with Gasteiger partial charge < -0.3 is 10.1 Å². The lowest BCUT2D eigenvalue weighted by Crippen LogP contribution is -2.61. The lowest BCUT2D eigenvalue weighted by Gasteiger charge is -2.44. The van der Waals surface area contributed by atoms with Gasteiger partial charge in [-0.3, -0.25) is 9.69 Å². The van der Waals surface area contributed by atoms with Crippen LogP contribution in [-0.4, -0.2) is 28.6 Å². The van der Waals surface area contributed by atoms with Gasteiger partial charge in [-0.1, -0.05) is 18.9 Å². The van der Waals surface area contributed by atoms with E-state index in [0.29, 0.717) is 5.11 Å². The zero-order chi connectivity index (χ0) is 16.0. The zero-order valence-electron chi connectivity index (χ0n) is 13.4. The Bertz CT molecular complexity index is 660. The lowest BCUT2D eigenvalue weighted by molar-refractivity contribution is -0.136. The molecule has 2 fully saturated rings. The van der Waals surface area contributed by atoms with E-state index < -0.39 is 0 Å². The first-order valence-corrected chi connectivity index (χ1v) is 8.95. The maximum absolute atomic E-state index is 13.0. The van der Waals surface area contributed by atoms with Crippen molar-refractivity contribution in [3.8, 4) is 5.75 Å². The fraction of sp³-hybridized carbons (Fsp3) is 0.556. The molecule has 1 aromatic carbocycles. The first-order valence-electron chi connectivity index (χ1n) is 8.54. The van der Waals surface area contributed by atoms with Crippen LogP contribution in [0.25, 0.3) is 0 Å². The van der Waals surface area contributed by atoms with E-state index in [4.69, 9.17) is 17.0 Å². The lowest BCUT2D eigenvalue weighted by atomic mass is 9.82. The van der Waals surface area contributed by atoms with Crippen LogP contribution in [0.3, 0.4) is 0 Å². The third-order valence-electron chi connectivity index (χ3n) is 5.43. The number of thiocarbonyl (C=S) groups is 1. The summed E-state index contributed by atoms with van der Waals surface area (Å²) in [6.45, 7) is 2.81. The second kappa shape index (κ2) is 5.78. The summed E-state index contributed by atoms with van der Waals surface area (Å²) in [7, 11) is 0. The van der Waals surface area contributed by atoms with E-state index in [9.17, 15) is 4.79 Å². The standard InChI is InChI=1S/C18H22N2O2S/c1-11(12-6-7-16-13(10-12)8-9-22-16)20-17(21)14-4-2-3-5-15(14)19-18(20)23/h6-7,10-11,14-15H,2-5,8-9H2,1H3,(H,19,23). The Labute approximate surface area is 142 Å². The average Bonchev–Trinajstić information content (AvgIpc) is 3.02. The molecule has 0 aromatic heterocycles. The van der Waals surface area contributed by atoms with Gasteiger partial charge in [-0.2, -0.15) is 0 Å². The van der Waals surface area contributed by atoms with Gasteiger partial charge in [-0.15, -0.1) is 0 Å². The fourth-order valence-corrected chi connectivity index (χ4v) is 4.49. The van der Waals surface area contributed by atoms with Gasteiger partial charge in [0.05, 0.1) is 18.6 Å². The first kappa shape index (κ1) is 14.9. The number of hydrogen-bond acceptors (Lipinski definition) is 3. The molecule has 5 heteroatoms.